The van der Waals surface area contributed by atoms with Crippen LogP contribution >= 0.6 is 0 Å². The van der Waals surface area contributed by atoms with Crippen molar-refractivity contribution in [1.29, 1.82) is 0 Å². The smallest absolute Gasteiger partial charge is 0.320 e. The van der Waals surface area contributed by atoms with E-state index in [1.807, 2.05) is 0 Å². The molecule has 1 saturated heterocycles. The molecule has 1 aromatic rings. The highest BCUT2D eigenvalue weighted by Crippen LogP contribution is 2.42. The van der Waals surface area contributed by atoms with Gasteiger partial charge in [-0.2, -0.15) is 8.78 Å². The van der Waals surface area contributed by atoms with Crippen molar-refractivity contribution in [3.05, 3.63) is 28.7 Å². The number of pyridine rings is 1. The summed E-state index contributed by atoms with van der Waals surface area (Å²) in [6.45, 7) is -0.841. The summed E-state index contributed by atoms with van der Waals surface area (Å²) in [6.07, 6.45) is -5.07. The number of aliphatic carboxylic acids is 1. The van der Waals surface area contributed by atoms with Gasteiger partial charge in [-0.3, -0.25) is 19.0 Å². The third-order valence-corrected chi connectivity index (χ3v) is 3.84. The summed E-state index contributed by atoms with van der Waals surface area (Å²) < 4.78 is 33.5. The van der Waals surface area contributed by atoms with E-state index in [1.165, 1.54) is 6.07 Å². The molecule has 1 aliphatic rings. The molecule has 0 aromatic carbocycles. The van der Waals surface area contributed by atoms with E-state index in [0.717, 1.165) is 12.3 Å². The highest BCUT2D eigenvalue weighted by Gasteiger charge is 2.59. The monoisotopic (exact) mass is 376 g/mol. The fraction of sp³-hybridized carbons (Fsp3) is 0.533. The Labute approximate surface area is 145 Å². The number of halogens is 2. The number of anilines is 1. The molecule has 0 aliphatic carbocycles. The number of carbonyl (C=O) groups is 2. The van der Waals surface area contributed by atoms with Crippen LogP contribution in [0.1, 0.15) is 25.5 Å². The molecular formula is C15H18F2N2O7. The Morgan fingerprint density at radius 1 is 1.35 bits per heavy atom. The predicted octanol–water partition coefficient (Wildman–Crippen LogP) is -0.0724. The minimum absolute atomic E-state index is 0.0483. The number of aliphatic hydroxyl groups is 2. The summed E-state index contributed by atoms with van der Waals surface area (Å²) in [5.41, 5.74) is -0.865. The van der Waals surface area contributed by atoms with Crippen LogP contribution in [0.5, 0.6) is 0 Å². The largest absolute Gasteiger partial charge is 0.481 e. The van der Waals surface area contributed by atoms with Gasteiger partial charge in [0.05, 0.1) is 6.61 Å². The van der Waals surface area contributed by atoms with Crippen LogP contribution in [-0.4, -0.2) is 56.5 Å². The Hall–Kier alpha value is -2.37. The number of hydrogen-bond acceptors (Lipinski definition) is 6. The topological polar surface area (TPSA) is 138 Å². The molecule has 0 spiro atoms. The van der Waals surface area contributed by atoms with E-state index in [-0.39, 0.29) is 24.9 Å². The Kier molecular flexibility index (Phi) is 6.05. The van der Waals surface area contributed by atoms with Gasteiger partial charge in [-0.1, -0.05) is 0 Å². The number of hydrogen-bond donors (Lipinski definition) is 4. The lowest BCUT2D eigenvalue weighted by atomic mass is 10.1. The molecule has 2 rings (SSSR count). The van der Waals surface area contributed by atoms with Crippen molar-refractivity contribution in [1.82, 2.24) is 4.57 Å². The first-order chi connectivity index (χ1) is 12.2. The number of nitrogens with one attached hydrogen (secondary N) is 1. The highest BCUT2D eigenvalue weighted by molar-refractivity contribution is 5.90. The van der Waals surface area contributed by atoms with E-state index < -0.39 is 48.4 Å². The third-order valence-electron chi connectivity index (χ3n) is 3.84. The number of rotatable bonds is 7. The predicted molar refractivity (Wildman–Crippen MR) is 82.8 cm³/mol. The molecule has 1 amide bonds. The second-order valence-corrected chi connectivity index (χ2v) is 5.79. The molecule has 26 heavy (non-hydrogen) atoms. The minimum Gasteiger partial charge on any atom is -0.481 e. The lowest BCUT2D eigenvalue weighted by molar-refractivity contribution is -0.140. The fourth-order valence-corrected chi connectivity index (χ4v) is 2.50. The van der Waals surface area contributed by atoms with Crippen molar-refractivity contribution in [3.63, 3.8) is 0 Å². The number of alkyl halides is 2. The van der Waals surface area contributed by atoms with Crippen molar-refractivity contribution in [2.45, 2.75) is 43.6 Å². The molecule has 2 heterocycles. The average Bonchev–Trinajstić information content (AvgIpc) is 2.77. The van der Waals surface area contributed by atoms with Crippen molar-refractivity contribution in [2.24, 2.45) is 0 Å². The Bertz CT molecular complexity index is 737. The van der Waals surface area contributed by atoms with Gasteiger partial charge in [-0.15, -0.1) is 0 Å². The van der Waals surface area contributed by atoms with Crippen LogP contribution in [0.3, 0.4) is 0 Å². The summed E-state index contributed by atoms with van der Waals surface area (Å²) in [6, 6.07) is 2.09. The lowest BCUT2D eigenvalue weighted by Gasteiger charge is -2.21. The Balaban J connectivity index is 2.09. The van der Waals surface area contributed by atoms with Gasteiger partial charge < -0.3 is 25.4 Å². The molecule has 144 valence electrons. The van der Waals surface area contributed by atoms with Gasteiger partial charge in [-0.05, 0) is 12.5 Å². The number of aliphatic hydroxyl groups excluding tert-OH is 2. The highest BCUT2D eigenvalue weighted by atomic mass is 19.3. The standard InChI is InChI=1S/C15H18F2N2O7/c16-15(17)13(25)9(7-20)26-14(15)19-5-4-8(6-11(19)22)18-10(21)2-1-3-12(23)24/h4-6,9,13-14,20,25H,1-3,7H2,(H,18,21)(H,23,24)/t9-,13-,14-/m1/s1. The molecule has 1 aliphatic heterocycles. The van der Waals surface area contributed by atoms with E-state index in [1.54, 1.807) is 0 Å². The normalized spacial score (nSPS) is 24.4. The van der Waals surface area contributed by atoms with E-state index in [4.69, 9.17) is 14.9 Å². The van der Waals surface area contributed by atoms with Crippen LogP contribution in [0, 0.1) is 0 Å². The van der Waals surface area contributed by atoms with Gasteiger partial charge >= 0.3 is 11.9 Å². The number of amides is 1. The van der Waals surface area contributed by atoms with Gasteiger partial charge in [0, 0.05) is 30.8 Å². The van der Waals surface area contributed by atoms with Crippen molar-refractivity contribution >= 4 is 17.6 Å². The van der Waals surface area contributed by atoms with Crippen LogP contribution in [0.2, 0.25) is 0 Å². The average molecular weight is 376 g/mol. The molecule has 0 bridgehead atoms. The second-order valence-electron chi connectivity index (χ2n) is 5.79. The lowest BCUT2D eigenvalue weighted by Crippen LogP contribution is -2.41. The Morgan fingerprint density at radius 2 is 2.04 bits per heavy atom. The molecule has 1 aromatic heterocycles. The number of carbonyl (C=O) groups excluding carboxylic acids is 1. The first-order valence-electron chi connectivity index (χ1n) is 7.73. The fourth-order valence-electron chi connectivity index (χ4n) is 2.50. The number of nitrogens with zero attached hydrogens (tertiary/aromatic N) is 1. The van der Waals surface area contributed by atoms with Gasteiger partial charge in [0.15, 0.2) is 6.10 Å². The molecule has 1 fully saturated rings. The van der Waals surface area contributed by atoms with E-state index in [2.05, 4.69) is 5.32 Å². The number of aromatic nitrogens is 1. The third kappa shape index (κ3) is 4.23. The molecule has 0 unspecified atom stereocenters. The Morgan fingerprint density at radius 3 is 2.58 bits per heavy atom. The first-order valence-corrected chi connectivity index (χ1v) is 7.73. The van der Waals surface area contributed by atoms with E-state index >= 15 is 0 Å². The quantitative estimate of drug-likeness (QED) is 0.522. The number of carboxylic acid groups (broad SMARTS) is 1. The maximum atomic E-state index is 14.1. The van der Waals surface area contributed by atoms with Crippen molar-refractivity contribution in [3.8, 4) is 0 Å². The maximum Gasteiger partial charge on any atom is 0.320 e. The van der Waals surface area contributed by atoms with Gasteiger partial charge in [-0.25, -0.2) is 0 Å². The summed E-state index contributed by atoms with van der Waals surface area (Å²) in [5.74, 6) is -5.36. The SMILES string of the molecule is O=C(O)CCCC(=O)Nc1ccn([C@@H]2O[C@H](CO)[C@@H](O)C2(F)F)c(=O)c1. The molecule has 9 nitrogen and oxygen atoms in total. The van der Waals surface area contributed by atoms with Gasteiger partial charge in [0.25, 0.3) is 5.56 Å². The summed E-state index contributed by atoms with van der Waals surface area (Å²) in [7, 11) is 0. The minimum atomic E-state index is -3.79. The zero-order chi connectivity index (χ0) is 19.5. The second kappa shape index (κ2) is 7.89. The first kappa shape index (κ1) is 19.9. The van der Waals surface area contributed by atoms with E-state index in [0.29, 0.717) is 4.57 Å². The molecule has 11 heteroatoms. The van der Waals surface area contributed by atoms with Crippen LogP contribution in [-0.2, 0) is 14.3 Å². The zero-order valence-electron chi connectivity index (χ0n) is 13.5. The summed E-state index contributed by atoms with van der Waals surface area (Å²) in [5, 5.41) is 29.3. The van der Waals surface area contributed by atoms with Crippen LogP contribution in [0.15, 0.2) is 23.1 Å². The molecule has 0 saturated carbocycles. The van der Waals surface area contributed by atoms with Crippen LogP contribution in [0.4, 0.5) is 14.5 Å². The molecule has 0 radical (unpaired) electrons. The summed E-state index contributed by atoms with van der Waals surface area (Å²) >= 11 is 0. The molecule has 3 atom stereocenters. The number of carboxylic acids is 1. The summed E-state index contributed by atoms with van der Waals surface area (Å²) in [4.78, 5) is 34.1. The molecular weight excluding hydrogens is 358 g/mol. The van der Waals surface area contributed by atoms with Crippen molar-refractivity contribution < 1.29 is 38.4 Å². The maximum absolute atomic E-state index is 14.1. The van der Waals surface area contributed by atoms with Crippen LogP contribution < -0.4 is 10.9 Å². The van der Waals surface area contributed by atoms with Crippen LogP contribution in [0.25, 0.3) is 0 Å². The van der Waals surface area contributed by atoms with Crippen molar-refractivity contribution in [2.75, 3.05) is 11.9 Å². The molecule has 4 N–H and O–H groups in total. The number of ether oxygens (including phenoxy) is 1. The van der Waals surface area contributed by atoms with Gasteiger partial charge in [0.1, 0.15) is 6.10 Å². The van der Waals surface area contributed by atoms with Gasteiger partial charge in [0.2, 0.25) is 12.1 Å². The zero-order valence-corrected chi connectivity index (χ0v) is 13.5. The van der Waals surface area contributed by atoms with E-state index in [9.17, 15) is 28.3 Å².